The largest absolute Gasteiger partial charge is 0.496 e. The monoisotopic (exact) mass is 326 g/mol. The van der Waals surface area contributed by atoms with Gasteiger partial charge in [-0.1, -0.05) is 19.1 Å². The lowest BCUT2D eigenvalue weighted by molar-refractivity contribution is -0.141. The van der Waals surface area contributed by atoms with Gasteiger partial charge in [0.05, 0.1) is 12.7 Å². The van der Waals surface area contributed by atoms with Gasteiger partial charge in [-0.05, 0) is 42.2 Å². The van der Waals surface area contributed by atoms with Gasteiger partial charge in [-0.3, -0.25) is 9.59 Å². The van der Waals surface area contributed by atoms with Crippen molar-refractivity contribution >= 4 is 17.9 Å². The van der Waals surface area contributed by atoms with Crippen LogP contribution < -0.4 is 4.74 Å². The van der Waals surface area contributed by atoms with Crippen LogP contribution in [-0.2, 0) is 9.59 Å². The molecule has 4 rings (SSSR count). The Bertz CT molecular complexity index is 752. The highest BCUT2D eigenvalue weighted by atomic mass is 16.5. The topological polar surface area (TPSA) is 60.4 Å². The van der Waals surface area contributed by atoms with Crippen LogP contribution in [0, 0.1) is 16.7 Å². The first kappa shape index (κ1) is 15.6. The maximum Gasteiger partial charge on any atom is 0.181 e. The van der Waals surface area contributed by atoms with Crippen molar-refractivity contribution in [2.45, 2.75) is 44.9 Å². The van der Waals surface area contributed by atoms with Crippen LogP contribution >= 0.6 is 0 Å². The zero-order valence-corrected chi connectivity index (χ0v) is 14.1. The van der Waals surface area contributed by atoms with Crippen LogP contribution in [0.25, 0.3) is 0 Å². The van der Waals surface area contributed by atoms with Crippen molar-refractivity contribution in [1.29, 1.82) is 0 Å². The van der Waals surface area contributed by atoms with Gasteiger partial charge in [0.15, 0.2) is 5.78 Å². The fraction of sp³-hybridized carbons (Fsp3) is 0.550. The molecule has 0 bridgehead atoms. The Morgan fingerprint density at radius 3 is 2.75 bits per heavy atom. The minimum atomic E-state index is -1.05. The Hall–Kier alpha value is -1.97. The number of rotatable bonds is 2. The number of fused-ring (bicyclic) bond motifs is 5. The van der Waals surface area contributed by atoms with E-state index in [2.05, 4.69) is 6.92 Å². The number of ether oxygens (including phenoxy) is 1. The fourth-order valence-corrected chi connectivity index (χ4v) is 5.71. The number of aldehydes is 1. The van der Waals surface area contributed by atoms with E-state index in [1.807, 2.05) is 12.1 Å². The normalized spacial score (nSPS) is 37.4. The number of methoxy groups -OCH3 is 1. The van der Waals surface area contributed by atoms with Crippen LogP contribution in [0.4, 0.5) is 0 Å². The van der Waals surface area contributed by atoms with Gasteiger partial charge in [0.2, 0.25) is 0 Å². The molecule has 1 aromatic rings. The van der Waals surface area contributed by atoms with E-state index in [-0.39, 0.29) is 23.4 Å². The molecule has 2 fully saturated rings. The summed E-state index contributed by atoms with van der Waals surface area (Å²) in [4.78, 5) is 37.9. The summed E-state index contributed by atoms with van der Waals surface area (Å²) in [6, 6.07) is 5.64. The molecule has 0 aliphatic heterocycles. The highest BCUT2D eigenvalue weighted by molar-refractivity contribution is 6.16. The molecule has 4 unspecified atom stereocenters. The molecule has 24 heavy (non-hydrogen) atoms. The van der Waals surface area contributed by atoms with E-state index in [0.717, 1.165) is 24.7 Å². The molecule has 0 amide bonds. The molecule has 126 valence electrons. The number of ketones is 2. The Kier molecular flexibility index (Phi) is 3.25. The predicted molar refractivity (Wildman–Crippen MR) is 88.3 cm³/mol. The number of carbonyl (C=O) groups excluding carboxylic acids is 3. The van der Waals surface area contributed by atoms with E-state index in [4.69, 9.17) is 4.74 Å². The molecule has 4 heteroatoms. The molecule has 3 aliphatic carbocycles. The summed E-state index contributed by atoms with van der Waals surface area (Å²) >= 11 is 0. The minimum absolute atomic E-state index is 0.0953. The first-order chi connectivity index (χ1) is 11.5. The molecule has 0 spiro atoms. The minimum Gasteiger partial charge on any atom is -0.496 e. The Morgan fingerprint density at radius 1 is 1.25 bits per heavy atom. The van der Waals surface area contributed by atoms with Crippen molar-refractivity contribution < 1.29 is 19.1 Å². The van der Waals surface area contributed by atoms with Gasteiger partial charge in [0, 0.05) is 18.8 Å². The zero-order valence-electron chi connectivity index (χ0n) is 14.1. The van der Waals surface area contributed by atoms with E-state index in [1.165, 1.54) is 0 Å². The average Bonchev–Trinajstić information content (AvgIpc) is 2.86. The summed E-state index contributed by atoms with van der Waals surface area (Å²) in [5.74, 6) is 0.737. The van der Waals surface area contributed by atoms with Gasteiger partial charge in [0.25, 0.3) is 0 Å². The highest BCUT2D eigenvalue weighted by Crippen LogP contribution is 2.67. The average molecular weight is 326 g/mol. The van der Waals surface area contributed by atoms with Crippen LogP contribution in [0.15, 0.2) is 18.2 Å². The van der Waals surface area contributed by atoms with Crippen LogP contribution in [0.3, 0.4) is 0 Å². The molecular formula is C20H22O4. The van der Waals surface area contributed by atoms with Crippen molar-refractivity contribution in [2.24, 2.45) is 16.7 Å². The standard InChI is InChI=1S/C20H22O4/c1-19-9-8-13(22)10-12(19)6-7-15-14-4-3-5-16(24-2)17(14)18(23)20(15,19)11-21/h3-5,11-12,15H,6-10H2,1-2H3. The third-order valence-corrected chi connectivity index (χ3v) is 7.04. The second-order valence-corrected chi connectivity index (χ2v) is 7.73. The van der Waals surface area contributed by atoms with E-state index in [1.54, 1.807) is 13.2 Å². The van der Waals surface area contributed by atoms with Crippen molar-refractivity contribution in [1.82, 2.24) is 0 Å². The molecule has 2 saturated carbocycles. The number of Topliss-reactive ketones (excluding diaryl/α,β-unsaturated/α-hetero) is 2. The molecule has 0 N–H and O–H groups in total. The molecular weight excluding hydrogens is 304 g/mol. The lowest BCUT2D eigenvalue weighted by Crippen LogP contribution is -2.57. The zero-order chi connectivity index (χ0) is 17.1. The quantitative estimate of drug-likeness (QED) is 0.618. The third-order valence-electron chi connectivity index (χ3n) is 7.04. The van der Waals surface area contributed by atoms with E-state index < -0.39 is 10.8 Å². The predicted octanol–water partition coefficient (Wildman–Crippen LogP) is 3.33. The Balaban J connectivity index is 1.93. The van der Waals surface area contributed by atoms with Gasteiger partial charge in [-0.2, -0.15) is 0 Å². The van der Waals surface area contributed by atoms with Crippen LogP contribution in [0.5, 0.6) is 5.75 Å². The summed E-state index contributed by atoms with van der Waals surface area (Å²) in [5, 5.41) is 0. The maximum absolute atomic E-state index is 13.5. The van der Waals surface area contributed by atoms with Gasteiger partial charge < -0.3 is 9.53 Å². The Morgan fingerprint density at radius 2 is 2.04 bits per heavy atom. The molecule has 4 atom stereocenters. The lowest BCUT2D eigenvalue weighted by atomic mass is 9.45. The fourth-order valence-electron chi connectivity index (χ4n) is 5.71. The van der Waals surface area contributed by atoms with Gasteiger partial charge >= 0.3 is 0 Å². The molecule has 0 saturated heterocycles. The number of carbonyl (C=O) groups is 3. The first-order valence-electron chi connectivity index (χ1n) is 8.69. The summed E-state index contributed by atoms with van der Waals surface area (Å²) in [7, 11) is 1.56. The summed E-state index contributed by atoms with van der Waals surface area (Å²) in [5.41, 5.74) is 0.0270. The van der Waals surface area contributed by atoms with Crippen molar-refractivity contribution in [2.75, 3.05) is 7.11 Å². The van der Waals surface area contributed by atoms with Gasteiger partial charge in [-0.25, -0.2) is 0 Å². The molecule has 0 radical (unpaired) electrons. The van der Waals surface area contributed by atoms with E-state index >= 15 is 0 Å². The van der Waals surface area contributed by atoms with Gasteiger partial charge in [0.1, 0.15) is 23.2 Å². The SMILES string of the molecule is COc1cccc2c1C(=O)C1(C=O)C2CCC2CC(=O)CCC21C. The number of benzene rings is 1. The first-order valence-corrected chi connectivity index (χ1v) is 8.69. The van der Waals surface area contributed by atoms with Crippen LogP contribution in [0.2, 0.25) is 0 Å². The smallest absolute Gasteiger partial charge is 0.181 e. The second-order valence-electron chi connectivity index (χ2n) is 7.73. The molecule has 4 nitrogen and oxygen atoms in total. The summed E-state index contributed by atoms with van der Waals surface area (Å²) in [6.45, 7) is 2.06. The third kappa shape index (κ3) is 1.61. The van der Waals surface area contributed by atoms with E-state index in [0.29, 0.717) is 30.6 Å². The Labute approximate surface area is 141 Å². The van der Waals surface area contributed by atoms with Crippen molar-refractivity contribution in [3.8, 4) is 5.75 Å². The highest BCUT2D eigenvalue weighted by Gasteiger charge is 2.68. The summed E-state index contributed by atoms with van der Waals surface area (Å²) < 4.78 is 5.42. The molecule has 1 aromatic carbocycles. The van der Waals surface area contributed by atoms with Crippen LogP contribution in [0.1, 0.15) is 60.9 Å². The van der Waals surface area contributed by atoms with Crippen molar-refractivity contribution in [3.63, 3.8) is 0 Å². The van der Waals surface area contributed by atoms with Crippen LogP contribution in [-0.4, -0.2) is 25.0 Å². The van der Waals surface area contributed by atoms with Crippen molar-refractivity contribution in [3.05, 3.63) is 29.3 Å². The van der Waals surface area contributed by atoms with E-state index in [9.17, 15) is 14.4 Å². The lowest BCUT2D eigenvalue weighted by Gasteiger charge is -2.55. The maximum atomic E-state index is 13.5. The number of hydrogen-bond donors (Lipinski definition) is 0. The molecule has 0 aromatic heterocycles. The molecule has 0 heterocycles. The second kappa shape index (κ2) is 5.01. The van der Waals surface area contributed by atoms with Gasteiger partial charge in [-0.15, -0.1) is 0 Å². The number of hydrogen-bond acceptors (Lipinski definition) is 4. The summed E-state index contributed by atoms with van der Waals surface area (Å²) in [6.07, 6.45) is 4.16. The molecule has 3 aliphatic rings.